The Kier molecular flexibility index (Phi) is 8.08. The highest BCUT2D eigenvalue weighted by molar-refractivity contribution is 5.99. The van der Waals surface area contributed by atoms with Crippen LogP contribution < -0.4 is 4.74 Å². The summed E-state index contributed by atoms with van der Waals surface area (Å²) in [7, 11) is 0. The Bertz CT molecular complexity index is 2890. The van der Waals surface area contributed by atoms with Gasteiger partial charge in [-0.3, -0.25) is 0 Å². The molecule has 1 aliphatic heterocycles. The Morgan fingerprint density at radius 1 is 0.382 bits per heavy atom. The van der Waals surface area contributed by atoms with Gasteiger partial charge in [0.05, 0.1) is 11.4 Å². The van der Waals surface area contributed by atoms with Gasteiger partial charge in [-0.15, -0.1) is 0 Å². The van der Waals surface area contributed by atoms with Crippen molar-refractivity contribution in [2.45, 2.75) is 0 Å². The fourth-order valence-electron chi connectivity index (χ4n) is 7.27. The van der Waals surface area contributed by atoms with Crippen LogP contribution >= 0.6 is 0 Å². The predicted molar refractivity (Wildman–Crippen MR) is 223 cm³/mol. The van der Waals surface area contributed by atoms with E-state index in [1.54, 1.807) is 0 Å². The Morgan fingerprint density at radius 2 is 1.02 bits per heavy atom. The monoisotopic (exact) mass is 704 g/mol. The molecule has 258 valence electrons. The summed E-state index contributed by atoms with van der Waals surface area (Å²) in [4.78, 5) is 19.8. The number of hydrogen-bond donors (Lipinski definition) is 0. The highest BCUT2D eigenvalue weighted by Gasteiger charge is 2.20. The van der Waals surface area contributed by atoms with E-state index in [9.17, 15) is 0 Å². The maximum Gasteiger partial charge on any atom is 0.160 e. The lowest BCUT2D eigenvalue weighted by atomic mass is 9.93. The van der Waals surface area contributed by atoms with Crippen LogP contribution in [0.1, 0.15) is 11.1 Å². The molecular formula is C50H32N4O. The average molecular weight is 705 g/mol. The maximum atomic E-state index is 7.07. The van der Waals surface area contributed by atoms with Crippen molar-refractivity contribution >= 4 is 22.9 Å². The van der Waals surface area contributed by atoms with E-state index in [0.717, 1.165) is 89.3 Å². The molecule has 10 rings (SSSR count). The van der Waals surface area contributed by atoms with Gasteiger partial charge in [0.15, 0.2) is 11.6 Å². The van der Waals surface area contributed by atoms with Gasteiger partial charge in [-0.05, 0) is 51.9 Å². The van der Waals surface area contributed by atoms with Crippen LogP contribution in [0.5, 0.6) is 11.5 Å². The van der Waals surface area contributed by atoms with E-state index in [2.05, 4.69) is 121 Å². The summed E-state index contributed by atoms with van der Waals surface area (Å²) in [6, 6.07) is 58.1. The van der Waals surface area contributed by atoms with Crippen molar-refractivity contribution in [2.24, 2.45) is 0 Å². The van der Waals surface area contributed by atoms with Gasteiger partial charge in [0, 0.05) is 51.2 Å². The predicted octanol–water partition coefficient (Wildman–Crippen LogP) is 12.7. The second kappa shape index (κ2) is 13.8. The molecule has 0 atom stereocenters. The lowest BCUT2D eigenvalue weighted by Gasteiger charge is -2.18. The SMILES string of the molecule is C1=C\c2ccc(-c3nc(-c4ccccc4)cc(-c4cnc(-c5ccccc5)nc4)n3)cc2-c2ccc3ccccc3c2Oc2ccccc2-c2ccccc2/1. The molecule has 0 saturated carbocycles. The Balaban J connectivity index is 1.18. The van der Waals surface area contributed by atoms with Gasteiger partial charge in [-0.25, -0.2) is 19.9 Å². The number of benzene rings is 7. The molecule has 0 fully saturated rings. The van der Waals surface area contributed by atoms with Gasteiger partial charge < -0.3 is 4.74 Å². The van der Waals surface area contributed by atoms with Gasteiger partial charge in [0.25, 0.3) is 0 Å². The molecule has 1 aliphatic rings. The molecule has 5 heteroatoms. The first-order chi connectivity index (χ1) is 27.2. The summed E-state index contributed by atoms with van der Waals surface area (Å²) in [5.41, 5.74) is 11.5. The van der Waals surface area contributed by atoms with E-state index in [0.29, 0.717) is 11.6 Å². The molecule has 0 bridgehead atoms. The van der Waals surface area contributed by atoms with Crippen LogP contribution in [0, 0.1) is 0 Å². The molecule has 7 aromatic carbocycles. The zero-order valence-corrected chi connectivity index (χ0v) is 29.7. The summed E-state index contributed by atoms with van der Waals surface area (Å²) in [5, 5.41) is 2.14. The summed E-state index contributed by atoms with van der Waals surface area (Å²) in [6.45, 7) is 0. The average Bonchev–Trinajstić information content (AvgIpc) is 3.28. The Morgan fingerprint density at radius 3 is 1.82 bits per heavy atom. The minimum atomic E-state index is 0.600. The van der Waals surface area contributed by atoms with E-state index < -0.39 is 0 Å². The minimum Gasteiger partial charge on any atom is -0.455 e. The first kappa shape index (κ1) is 32.2. The molecule has 55 heavy (non-hydrogen) atoms. The molecule has 5 nitrogen and oxygen atoms in total. The number of ether oxygens (including phenoxy) is 1. The minimum absolute atomic E-state index is 0.600. The van der Waals surface area contributed by atoms with Gasteiger partial charge in [0.2, 0.25) is 0 Å². The zero-order valence-electron chi connectivity index (χ0n) is 29.7. The van der Waals surface area contributed by atoms with Crippen molar-refractivity contribution in [1.29, 1.82) is 0 Å². The highest BCUT2D eigenvalue weighted by Crippen LogP contribution is 2.45. The van der Waals surface area contributed by atoms with Crippen molar-refractivity contribution in [3.8, 4) is 79.0 Å². The van der Waals surface area contributed by atoms with Crippen molar-refractivity contribution in [3.63, 3.8) is 0 Å². The molecule has 0 spiro atoms. The number of fused-ring (bicyclic) bond motifs is 8. The first-order valence-electron chi connectivity index (χ1n) is 18.3. The van der Waals surface area contributed by atoms with Crippen molar-refractivity contribution in [2.75, 3.05) is 0 Å². The summed E-state index contributed by atoms with van der Waals surface area (Å²) >= 11 is 0. The highest BCUT2D eigenvalue weighted by atomic mass is 16.5. The van der Waals surface area contributed by atoms with Gasteiger partial charge in [0.1, 0.15) is 11.5 Å². The lowest BCUT2D eigenvalue weighted by molar-refractivity contribution is 0.492. The van der Waals surface area contributed by atoms with Gasteiger partial charge in [-0.1, -0.05) is 158 Å². The van der Waals surface area contributed by atoms with Crippen LogP contribution in [0.4, 0.5) is 0 Å². The number of nitrogens with zero attached hydrogens (tertiary/aromatic N) is 4. The number of aromatic nitrogens is 4. The van der Waals surface area contributed by atoms with Crippen LogP contribution in [0.15, 0.2) is 182 Å². The third-order valence-electron chi connectivity index (χ3n) is 10.0. The van der Waals surface area contributed by atoms with E-state index >= 15 is 0 Å². The van der Waals surface area contributed by atoms with Crippen LogP contribution in [-0.4, -0.2) is 19.9 Å². The normalized spacial score (nSPS) is 12.3. The van der Waals surface area contributed by atoms with Crippen LogP contribution in [0.3, 0.4) is 0 Å². The van der Waals surface area contributed by atoms with Crippen molar-refractivity contribution in [3.05, 3.63) is 193 Å². The molecule has 0 unspecified atom stereocenters. The van der Waals surface area contributed by atoms with E-state index in [1.807, 2.05) is 73.1 Å². The third kappa shape index (κ3) is 6.14. The topological polar surface area (TPSA) is 60.8 Å². The molecule has 3 heterocycles. The smallest absolute Gasteiger partial charge is 0.160 e. The van der Waals surface area contributed by atoms with Crippen molar-refractivity contribution < 1.29 is 4.74 Å². The summed E-state index contributed by atoms with van der Waals surface area (Å²) in [6.07, 6.45) is 8.07. The van der Waals surface area contributed by atoms with Crippen LogP contribution in [0.25, 0.3) is 90.5 Å². The molecular weight excluding hydrogens is 673 g/mol. The largest absolute Gasteiger partial charge is 0.455 e. The van der Waals surface area contributed by atoms with Gasteiger partial charge in [-0.2, -0.15) is 0 Å². The number of hydrogen-bond acceptors (Lipinski definition) is 5. The quantitative estimate of drug-likeness (QED) is 0.182. The van der Waals surface area contributed by atoms with E-state index in [4.69, 9.17) is 24.7 Å². The molecule has 9 aromatic rings. The van der Waals surface area contributed by atoms with Crippen LogP contribution in [-0.2, 0) is 0 Å². The number of rotatable bonds is 4. The molecule has 0 aliphatic carbocycles. The fourth-order valence-corrected chi connectivity index (χ4v) is 7.27. The summed E-state index contributed by atoms with van der Waals surface area (Å²) in [5.74, 6) is 2.86. The molecule has 0 amide bonds. The standard InChI is InChI=1S/C50H32N4O/c1-3-15-36(16-4-1)45-30-46(39-31-51-49(52-32-39)37-17-5-2-6-18-37)54-50(53-45)38-26-25-35-24-23-33-13-7-9-19-40(33)42-21-11-12-22-47(42)55-48-41-20-10-8-14-34(41)27-28-43(48)44(35)29-38/h1-32H/b24-23-. The Labute approximate surface area is 319 Å². The summed E-state index contributed by atoms with van der Waals surface area (Å²) < 4.78 is 7.07. The molecule has 2 aromatic heterocycles. The third-order valence-corrected chi connectivity index (χ3v) is 10.0. The van der Waals surface area contributed by atoms with E-state index in [-0.39, 0.29) is 0 Å². The molecule has 0 radical (unpaired) electrons. The van der Waals surface area contributed by atoms with E-state index in [1.165, 1.54) is 0 Å². The molecule has 0 saturated heterocycles. The van der Waals surface area contributed by atoms with Gasteiger partial charge >= 0.3 is 0 Å². The fraction of sp³-hybridized carbons (Fsp3) is 0. The second-order valence-electron chi connectivity index (χ2n) is 13.5. The zero-order chi connectivity index (χ0) is 36.6. The lowest BCUT2D eigenvalue weighted by Crippen LogP contribution is -1.98. The maximum absolute atomic E-state index is 7.07. The number of para-hydroxylation sites is 1. The van der Waals surface area contributed by atoms with Crippen molar-refractivity contribution in [1.82, 2.24) is 19.9 Å². The molecule has 0 N–H and O–H groups in total. The second-order valence-corrected chi connectivity index (χ2v) is 13.5. The van der Waals surface area contributed by atoms with Crippen LogP contribution in [0.2, 0.25) is 0 Å². The Hall–Kier alpha value is -7.50. The first-order valence-corrected chi connectivity index (χ1v) is 18.3.